The molecule has 4 N–H and O–H groups in total. The van der Waals surface area contributed by atoms with Gasteiger partial charge in [-0.2, -0.15) is 0 Å². The Morgan fingerprint density at radius 2 is 1.95 bits per heavy atom. The van der Waals surface area contributed by atoms with Gasteiger partial charge in [0.25, 0.3) is 5.91 Å². The second-order valence-corrected chi connectivity index (χ2v) is 8.53. The fourth-order valence-corrected chi connectivity index (χ4v) is 4.73. The first-order chi connectivity index (χ1) is 9.92. The number of hydrogen-bond donors (Lipinski definition) is 3. The Kier molecular flexibility index (Phi) is 5.42. The summed E-state index contributed by atoms with van der Waals surface area (Å²) in [5.41, 5.74) is 7.00. The number of carbonyl (C=O) groups excluding carboxylic acids is 1. The predicted octanol–water partition coefficient (Wildman–Crippen LogP) is 4.38. The highest BCUT2D eigenvalue weighted by Gasteiger charge is 2.16. The van der Waals surface area contributed by atoms with Crippen molar-refractivity contribution in [3.63, 3.8) is 0 Å². The number of carbonyl (C=O) groups is 1. The molecule has 0 aliphatic carbocycles. The van der Waals surface area contributed by atoms with Crippen LogP contribution in [0.4, 0.5) is 5.69 Å². The first kappa shape index (κ1) is 16.5. The highest BCUT2D eigenvalue weighted by molar-refractivity contribution is 9.12. The Labute approximate surface area is 149 Å². The molecule has 2 aromatic rings. The number of nitrogens with one attached hydrogen (secondary N) is 1. The Morgan fingerprint density at radius 3 is 2.52 bits per heavy atom. The van der Waals surface area contributed by atoms with Gasteiger partial charge in [-0.05, 0) is 56.1 Å². The lowest BCUT2D eigenvalue weighted by atomic mass is 10.1. The number of halogens is 3. The molecule has 1 aromatic carbocycles. The van der Waals surface area contributed by atoms with Gasteiger partial charge < -0.3 is 16.3 Å². The summed E-state index contributed by atoms with van der Waals surface area (Å²) >= 11 is 11.4. The van der Waals surface area contributed by atoms with Crippen molar-refractivity contribution in [2.45, 2.75) is 0 Å². The lowest BCUT2D eigenvalue weighted by Gasteiger charge is -2.10. The van der Waals surface area contributed by atoms with Crippen LogP contribution in [-0.4, -0.2) is 17.0 Å². The van der Waals surface area contributed by atoms with E-state index in [4.69, 9.17) is 10.9 Å². The van der Waals surface area contributed by atoms with Crippen LogP contribution in [0.2, 0.25) is 0 Å². The van der Waals surface area contributed by atoms with Crippen molar-refractivity contribution in [3.05, 3.63) is 47.4 Å². The average molecular weight is 498 g/mol. The van der Waals surface area contributed by atoms with E-state index < -0.39 is 0 Å². The van der Waals surface area contributed by atoms with Gasteiger partial charge >= 0.3 is 0 Å². The molecule has 1 amide bonds. The van der Waals surface area contributed by atoms with Gasteiger partial charge in [0.2, 0.25) is 0 Å². The maximum atomic E-state index is 12.3. The highest BCUT2D eigenvalue weighted by Crippen LogP contribution is 2.32. The lowest BCUT2D eigenvalue weighted by molar-refractivity contribution is 0.102. The number of amides is 1. The predicted molar refractivity (Wildman–Crippen MR) is 94.3 cm³/mol. The summed E-state index contributed by atoms with van der Waals surface area (Å²) in [6.07, 6.45) is 0. The fraction of sp³-hybridized carbons (Fsp3) is 0. The molecule has 0 saturated carbocycles. The normalized spacial score (nSPS) is 11.5. The zero-order chi connectivity index (χ0) is 15.6. The molecule has 0 aliphatic heterocycles. The van der Waals surface area contributed by atoms with E-state index in [1.807, 2.05) is 0 Å². The molecular weight excluding hydrogens is 490 g/mol. The molecule has 0 saturated heterocycles. The molecule has 0 spiro atoms. The average Bonchev–Trinajstić information content (AvgIpc) is 2.78. The van der Waals surface area contributed by atoms with Crippen molar-refractivity contribution in [2.24, 2.45) is 10.9 Å². The zero-order valence-electron chi connectivity index (χ0n) is 10.2. The molecule has 1 aromatic heterocycles. The monoisotopic (exact) mass is 495 g/mol. The van der Waals surface area contributed by atoms with Crippen LogP contribution in [0.25, 0.3) is 0 Å². The summed E-state index contributed by atoms with van der Waals surface area (Å²) in [5.74, 6) is -0.379. The van der Waals surface area contributed by atoms with Crippen LogP contribution in [0.15, 0.2) is 41.5 Å². The molecule has 1 heterocycles. The third kappa shape index (κ3) is 3.85. The number of thiophene rings is 1. The maximum absolute atomic E-state index is 12.3. The second kappa shape index (κ2) is 6.91. The summed E-state index contributed by atoms with van der Waals surface area (Å²) in [6.45, 7) is 0. The number of benzene rings is 1. The molecule has 0 radical (unpaired) electrons. The third-order valence-corrected chi connectivity index (χ3v) is 5.35. The number of rotatable bonds is 3. The molecule has 110 valence electrons. The SMILES string of the molecule is N/C(=N/O)c1cc(Br)ccc1NC(=O)c1cc(Br)sc1Br. The molecule has 0 atom stereocenters. The van der Waals surface area contributed by atoms with Gasteiger partial charge in [-0.3, -0.25) is 4.79 Å². The Morgan fingerprint density at radius 1 is 1.24 bits per heavy atom. The van der Waals surface area contributed by atoms with Crippen LogP contribution in [0.3, 0.4) is 0 Å². The molecule has 0 bridgehead atoms. The zero-order valence-corrected chi connectivity index (χ0v) is 15.8. The molecular formula is C12H8Br3N3O2S. The first-order valence-corrected chi connectivity index (χ1v) is 8.65. The molecule has 5 nitrogen and oxygen atoms in total. The van der Waals surface area contributed by atoms with Crippen molar-refractivity contribution >= 4 is 76.6 Å². The highest BCUT2D eigenvalue weighted by atomic mass is 79.9. The van der Waals surface area contributed by atoms with Crippen LogP contribution in [0.1, 0.15) is 15.9 Å². The van der Waals surface area contributed by atoms with Gasteiger partial charge in [-0.1, -0.05) is 21.1 Å². The summed E-state index contributed by atoms with van der Waals surface area (Å²) in [6, 6.07) is 6.79. The Bertz CT molecular complexity index is 731. The number of anilines is 1. The van der Waals surface area contributed by atoms with E-state index in [1.165, 1.54) is 11.3 Å². The second-order valence-electron chi connectivity index (χ2n) is 3.87. The van der Waals surface area contributed by atoms with E-state index in [0.29, 0.717) is 20.6 Å². The van der Waals surface area contributed by atoms with E-state index in [0.717, 1.165) is 8.26 Å². The minimum Gasteiger partial charge on any atom is -0.409 e. The van der Waals surface area contributed by atoms with Crippen LogP contribution in [0, 0.1) is 0 Å². The molecule has 0 fully saturated rings. The molecule has 21 heavy (non-hydrogen) atoms. The van der Waals surface area contributed by atoms with Crippen molar-refractivity contribution < 1.29 is 10.0 Å². The number of nitrogens with zero attached hydrogens (tertiary/aromatic N) is 1. The van der Waals surface area contributed by atoms with Crippen molar-refractivity contribution in [2.75, 3.05) is 5.32 Å². The number of hydrogen-bond acceptors (Lipinski definition) is 4. The van der Waals surface area contributed by atoms with Gasteiger partial charge in [-0.25, -0.2) is 0 Å². The quantitative estimate of drug-likeness (QED) is 0.254. The van der Waals surface area contributed by atoms with E-state index in [9.17, 15) is 4.79 Å². The number of amidine groups is 1. The van der Waals surface area contributed by atoms with Gasteiger partial charge in [0.15, 0.2) is 5.84 Å². The van der Waals surface area contributed by atoms with Crippen molar-refractivity contribution in [3.8, 4) is 0 Å². The molecule has 9 heteroatoms. The minimum atomic E-state index is -0.293. The van der Waals surface area contributed by atoms with E-state index in [2.05, 4.69) is 58.3 Å². The van der Waals surface area contributed by atoms with Crippen molar-refractivity contribution in [1.29, 1.82) is 0 Å². The molecule has 0 aliphatic rings. The Hall–Kier alpha value is -0.900. The van der Waals surface area contributed by atoms with Gasteiger partial charge in [-0.15, -0.1) is 11.3 Å². The summed E-state index contributed by atoms with van der Waals surface area (Å²) < 4.78 is 2.31. The van der Waals surface area contributed by atoms with Crippen LogP contribution < -0.4 is 11.1 Å². The molecule has 0 unspecified atom stereocenters. The number of oxime groups is 1. The van der Waals surface area contributed by atoms with Gasteiger partial charge in [0, 0.05) is 10.0 Å². The smallest absolute Gasteiger partial charge is 0.257 e. The van der Waals surface area contributed by atoms with Gasteiger partial charge in [0.05, 0.1) is 18.8 Å². The number of nitrogens with two attached hydrogens (primary N) is 1. The standard InChI is InChI=1S/C12H8Br3N3O2S/c13-5-1-2-8(6(3-5)11(16)18-20)17-12(19)7-4-9(14)21-10(7)15/h1-4,20H,(H2,16,18)(H,17,19). The van der Waals surface area contributed by atoms with Crippen LogP contribution in [0.5, 0.6) is 0 Å². The topological polar surface area (TPSA) is 87.7 Å². The lowest BCUT2D eigenvalue weighted by Crippen LogP contribution is -2.19. The largest absolute Gasteiger partial charge is 0.409 e. The molecule has 2 rings (SSSR count). The third-order valence-electron chi connectivity index (χ3n) is 2.51. The van der Waals surface area contributed by atoms with Gasteiger partial charge in [0.1, 0.15) is 0 Å². The van der Waals surface area contributed by atoms with Crippen LogP contribution in [-0.2, 0) is 0 Å². The van der Waals surface area contributed by atoms with Crippen LogP contribution >= 0.6 is 59.1 Å². The summed E-state index contributed by atoms with van der Waals surface area (Å²) in [5, 5.41) is 14.5. The minimum absolute atomic E-state index is 0.0860. The summed E-state index contributed by atoms with van der Waals surface area (Å²) in [7, 11) is 0. The van der Waals surface area contributed by atoms with Crippen molar-refractivity contribution in [1.82, 2.24) is 0 Å². The fourth-order valence-electron chi connectivity index (χ4n) is 1.58. The summed E-state index contributed by atoms with van der Waals surface area (Å²) in [4.78, 5) is 12.3. The maximum Gasteiger partial charge on any atom is 0.257 e. The first-order valence-electron chi connectivity index (χ1n) is 5.46. The van der Waals surface area contributed by atoms with E-state index >= 15 is 0 Å². The van der Waals surface area contributed by atoms with E-state index in [1.54, 1.807) is 24.3 Å². The Balaban J connectivity index is 2.35. The van der Waals surface area contributed by atoms with E-state index in [-0.39, 0.29) is 11.7 Å².